The van der Waals surface area contributed by atoms with Crippen LogP contribution in [0.3, 0.4) is 0 Å². The summed E-state index contributed by atoms with van der Waals surface area (Å²) < 4.78 is 0. The number of hydrogen-bond acceptors (Lipinski definition) is 3. The Bertz CT molecular complexity index is 177. The van der Waals surface area contributed by atoms with Gasteiger partial charge in [-0.3, -0.25) is 4.90 Å². The Morgan fingerprint density at radius 3 is 2.57 bits per heavy atom. The van der Waals surface area contributed by atoms with E-state index in [2.05, 4.69) is 11.8 Å². The lowest BCUT2D eigenvalue weighted by atomic mass is 9.94. The van der Waals surface area contributed by atoms with Crippen molar-refractivity contribution in [3.63, 3.8) is 0 Å². The zero-order valence-corrected chi connectivity index (χ0v) is 9.66. The highest BCUT2D eigenvalue weighted by Gasteiger charge is 2.30. The molecule has 0 aromatic heterocycles. The molecule has 1 aliphatic heterocycles. The molecule has 0 aromatic rings. The summed E-state index contributed by atoms with van der Waals surface area (Å²) >= 11 is 0. The van der Waals surface area contributed by atoms with Crippen molar-refractivity contribution in [2.75, 3.05) is 13.1 Å². The van der Waals surface area contributed by atoms with Crippen LogP contribution in [0, 0.1) is 0 Å². The maximum absolute atomic E-state index is 9.82. The van der Waals surface area contributed by atoms with Gasteiger partial charge in [0.05, 0.1) is 5.60 Å². The Hall–Kier alpha value is -0.120. The van der Waals surface area contributed by atoms with Crippen molar-refractivity contribution < 1.29 is 5.11 Å². The second kappa shape index (κ2) is 4.60. The highest BCUT2D eigenvalue weighted by molar-refractivity contribution is 4.86. The highest BCUT2D eigenvalue weighted by atomic mass is 16.3. The van der Waals surface area contributed by atoms with Crippen LogP contribution < -0.4 is 5.73 Å². The molecule has 1 aliphatic rings. The van der Waals surface area contributed by atoms with Gasteiger partial charge in [-0.05, 0) is 33.6 Å². The summed E-state index contributed by atoms with van der Waals surface area (Å²) in [7, 11) is 0. The van der Waals surface area contributed by atoms with Crippen molar-refractivity contribution in [3.8, 4) is 0 Å². The number of likely N-dealkylation sites (tertiary alicyclic amines) is 1. The van der Waals surface area contributed by atoms with Crippen molar-refractivity contribution in [2.45, 2.75) is 57.7 Å². The van der Waals surface area contributed by atoms with E-state index in [0.717, 1.165) is 6.54 Å². The maximum atomic E-state index is 9.82. The lowest BCUT2D eigenvalue weighted by Crippen LogP contribution is -2.53. The van der Waals surface area contributed by atoms with Gasteiger partial charge in [-0.1, -0.05) is 6.42 Å². The van der Waals surface area contributed by atoms with Gasteiger partial charge in [0.2, 0.25) is 0 Å². The number of piperidine rings is 1. The molecule has 0 bridgehead atoms. The third kappa shape index (κ3) is 3.23. The minimum absolute atomic E-state index is 0.463. The van der Waals surface area contributed by atoms with Gasteiger partial charge < -0.3 is 10.8 Å². The average molecular weight is 200 g/mol. The van der Waals surface area contributed by atoms with E-state index < -0.39 is 5.60 Å². The van der Waals surface area contributed by atoms with Gasteiger partial charge in [0.1, 0.15) is 0 Å². The lowest BCUT2D eigenvalue weighted by molar-refractivity contribution is -0.00889. The predicted octanol–water partition coefficient (Wildman–Crippen LogP) is 0.959. The topological polar surface area (TPSA) is 49.5 Å². The highest BCUT2D eigenvalue weighted by Crippen LogP contribution is 2.23. The van der Waals surface area contributed by atoms with Crippen molar-refractivity contribution in [1.82, 2.24) is 4.90 Å². The molecule has 3 heteroatoms. The fourth-order valence-corrected chi connectivity index (χ4v) is 2.33. The minimum atomic E-state index is -0.612. The number of β-amino-alcohol motifs (C(OH)–C–C–N with tert-alkyl or cyclic N) is 1. The van der Waals surface area contributed by atoms with Crippen molar-refractivity contribution in [2.24, 2.45) is 5.73 Å². The van der Waals surface area contributed by atoms with Gasteiger partial charge >= 0.3 is 0 Å². The molecular formula is C11H24N2O. The summed E-state index contributed by atoms with van der Waals surface area (Å²) in [5, 5.41) is 9.82. The maximum Gasteiger partial charge on any atom is 0.0718 e. The fourth-order valence-electron chi connectivity index (χ4n) is 2.33. The van der Waals surface area contributed by atoms with Gasteiger partial charge in [-0.25, -0.2) is 0 Å². The summed E-state index contributed by atoms with van der Waals surface area (Å²) in [5.74, 6) is 0. The normalized spacial score (nSPS) is 30.6. The van der Waals surface area contributed by atoms with Gasteiger partial charge in [-0.2, -0.15) is 0 Å². The Kier molecular flexibility index (Phi) is 3.93. The van der Waals surface area contributed by atoms with E-state index in [1.54, 1.807) is 0 Å². The molecule has 1 rings (SSSR count). The van der Waals surface area contributed by atoms with Gasteiger partial charge in [-0.15, -0.1) is 0 Å². The average Bonchev–Trinajstić information content (AvgIpc) is 2.06. The van der Waals surface area contributed by atoms with Gasteiger partial charge in [0, 0.05) is 25.2 Å². The van der Waals surface area contributed by atoms with Crippen molar-refractivity contribution in [1.29, 1.82) is 0 Å². The van der Waals surface area contributed by atoms with E-state index in [9.17, 15) is 5.11 Å². The summed E-state index contributed by atoms with van der Waals surface area (Å²) in [5.41, 5.74) is 5.14. The number of nitrogens with two attached hydrogens (primary N) is 1. The van der Waals surface area contributed by atoms with Crippen LogP contribution in [0.4, 0.5) is 0 Å². The van der Waals surface area contributed by atoms with Crippen molar-refractivity contribution in [3.05, 3.63) is 0 Å². The molecule has 0 spiro atoms. The second-order valence-corrected chi connectivity index (χ2v) is 5.15. The Balaban J connectivity index is 2.60. The zero-order valence-electron chi connectivity index (χ0n) is 9.66. The number of aliphatic hydroxyl groups is 1. The summed E-state index contributed by atoms with van der Waals surface area (Å²) in [4.78, 5) is 2.36. The molecule has 0 saturated carbocycles. The molecule has 1 fully saturated rings. The number of rotatable bonds is 3. The van der Waals surface area contributed by atoms with Crippen LogP contribution in [-0.2, 0) is 0 Å². The van der Waals surface area contributed by atoms with E-state index in [1.807, 2.05) is 13.8 Å². The van der Waals surface area contributed by atoms with Crippen LogP contribution in [0.2, 0.25) is 0 Å². The van der Waals surface area contributed by atoms with E-state index >= 15 is 0 Å². The predicted molar refractivity (Wildman–Crippen MR) is 59.2 cm³/mol. The number of nitrogens with zero attached hydrogens (tertiary/aromatic N) is 1. The van der Waals surface area contributed by atoms with Crippen LogP contribution in [0.1, 0.15) is 40.0 Å². The zero-order chi connectivity index (χ0) is 10.8. The molecule has 0 amide bonds. The quantitative estimate of drug-likeness (QED) is 0.713. The summed E-state index contributed by atoms with van der Waals surface area (Å²) in [6.45, 7) is 7.40. The van der Waals surface area contributed by atoms with Crippen LogP contribution in [-0.4, -0.2) is 40.8 Å². The first-order chi connectivity index (χ1) is 6.44. The van der Waals surface area contributed by atoms with E-state index in [1.165, 1.54) is 19.3 Å². The third-order valence-corrected chi connectivity index (χ3v) is 3.04. The van der Waals surface area contributed by atoms with Gasteiger partial charge in [0.15, 0.2) is 0 Å². The van der Waals surface area contributed by atoms with E-state index in [0.29, 0.717) is 18.6 Å². The monoisotopic (exact) mass is 200 g/mol. The van der Waals surface area contributed by atoms with E-state index in [4.69, 9.17) is 5.73 Å². The van der Waals surface area contributed by atoms with Crippen LogP contribution in [0.25, 0.3) is 0 Å². The van der Waals surface area contributed by atoms with Crippen molar-refractivity contribution >= 4 is 0 Å². The first-order valence-corrected chi connectivity index (χ1v) is 5.62. The smallest absolute Gasteiger partial charge is 0.0718 e. The molecule has 1 heterocycles. The largest absolute Gasteiger partial charge is 0.389 e. The molecule has 3 N–H and O–H groups in total. The molecule has 2 unspecified atom stereocenters. The van der Waals surface area contributed by atoms with Crippen LogP contribution in [0.15, 0.2) is 0 Å². The standard InChI is InChI=1S/C11H24N2O/c1-9-5-4-6-10(7-12)13(9)8-11(2,3)14/h9-10,14H,4-8,12H2,1-3H3. The SMILES string of the molecule is CC1CCCC(CN)N1CC(C)(C)O. The molecule has 84 valence electrons. The van der Waals surface area contributed by atoms with Crippen LogP contribution >= 0.6 is 0 Å². The molecule has 0 aliphatic carbocycles. The Morgan fingerprint density at radius 2 is 2.07 bits per heavy atom. The molecular weight excluding hydrogens is 176 g/mol. The first kappa shape index (κ1) is 12.0. The molecule has 0 radical (unpaired) electrons. The second-order valence-electron chi connectivity index (χ2n) is 5.15. The first-order valence-electron chi connectivity index (χ1n) is 5.62. The molecule has 2 atom stereocenters. The summed E-state index contributed by atoms with van der Waals surface area (Å²) in [6.07, 6.45) is 3.68. The van der Waals surface area contributed by atoms with E-state index in [-0.39, 0.29) is 0 Å². The third-order valence-electron chi connectivity index (χ3n) is 3.04. The van der Waals surface area contributed by atoms with Crippen LogP contribution in [0.5, 0.6) is 0 Å². The van der Waals surface area contributed by atoms with Gasteiger partial charge in [0.25, 0.3) is 0 Å². The molecule has 14 heavy (non-hydrogen) atoms. The molecule has 0 aromatic carbocycles. The molecule has 3 nitrogen and oxygen atoms in total. The number of hydrogen-bond donors (Lipinski definition) is 2. The summed E-state index contributed by atoms with van der Waals surface area (Å²) in [6, 6.07) is 1.02. The Morgan fingerprint density at radius 1 is 1.43 bits per heavy atom. The molecule has 1 saturated heterocycles. The Labute approximate surface area is 87.3 Å². The fraction of sp³-hybridized carbons (Fsp3) is 1.00. The minimum Gasteiger partial charge on any atom is -0.389 e. The lowest BCUT2D eigenvalue weighted by Gasteiger charge is -2.42.